The first-order chi connectivity index (χ1) is 11.4. The molecule has 1 N–H and O–H groups in total. The molecule has 0 spiro atoms. The molecule has 7 heteroatoms. The van der Waals surface area contributed by atoms with Crippen molar-refractivity contribution in [2.45, 2.75) is 39.7 Å². The van der Waals surface area contributed by atoms with Crippen molar-refractivity contribution in [1.82, 2.24) is 9.62 Å². The van der Waals surface area contributed by atoms with E-state index in [4.69, 9.17) is 0 Å². The van der Waals surface area contributed by atoms with Crippen LogP contribution in [0.2, 0.25) is 0 Å². The number of nitrogens with one attached hydrogen (secondary N) is 1. The smallest absolute Gasteiger partial charge is 0.338 e. The summed E-state index contributed by atoms with van der Waals surface area (Å²) in [5, 5.41) is 0. The van der Waals surface area contributed by atoms with Gasteiger partial charge < -0.3 is 4.90 Å². The van der Waals surface area contributed by atoms with Crippen LogP contribution >= 0.6 is 0 Å². The molecule has 0 aromatic heterocycles. The number of nitrogens with zero attached hydrogens (tertiary/aromatic N) is 2. The molecule has 3 rings (SSSR count). The number of carbonyl (C=O) groups excluding carboxylic acids is 1. The zero-order chi connectivity index (χ0) is 17.3. The average molecular weight is 347 g/mol. The van der Waals surface area contributed by atoms with E-state index in [-0.39, 0.29) is 5.91 Å². The first-order valence-electron chi connectivity index (χ1n) is 8.00. The largest absolute Gasteiger partial charge is 0.342 e. The SMILES string of the molecule is CC1=NS(=O)(=O)NC(C)=C1CCC(=O)N1CCc2ccccc2C1. The summed E-state index contributed by atoms with van der Waals surface area (Å²) in [6.07, 6.45) is 1.72. The van der Waals surface area contributed by atoms with E-state index >= 15 is 0 Å². The summed E-state index contributed by atoms with van der Waals surface area (Å²) < 4.78 is 29.1. The Hall–Kier alpha value is -2.15. The third-order valence-corrected chi connectivity index (χ3v) is 5.58. The maximum atomic E-state index is 12.5. The second kappa shape index (κ2) is 6.39. The molecule has 1 amide bonds. The molecular weight excluding hydrogens is 326 g/mol. The van der Waals surface area contributed by atoms with Gasteiger partial charge in [0.05, 0.1) is 5.71 Å². The van der Waals surface area contributed by atoms with E-state index in [1.165, 1.54) is 11.1 Å². The molecule has 2 aliphatic heterocycles. The van der Waals surface area contributed by atoms with Crippen LogP contribution in [0.25, 0.3) is 0 Å². The highest BCUT2D eigenvalue weighted by Gasteiger charge is 2.23. The molecule has 0 bridgehead atoms. The van der Waals surface area contributed by atoms with Gasteiger partial charge in [-0.15, -0.1) is 4.40 Å². The van der Waals surface area contributed by atoms with Crippen LogP contribution in [-0.2, 0) is 28.0 Å². The molecule has 6 nitrogen and oxygen atoms in total. The molecule has 2 aliphatic rings. The minimum absolute atomic E-state index is 0.0889. The van der Waals surface area contributed by atoms with Crippen molar-refractivity contribution in [3.05, 3.63) is 46.7 Å². The van der Waals surface area contributed by atoms with Gasteiger partial charge in [-0.3, -0.25) is 9.52 Å². The highest BCUT2D eigenvalue weighted by Crippen LogP contribution is 2.22. The Morgan fingerprint density at radius 1 is 1.25 bits per heavy atom. The zero-order valence-corrected chi connectivity index (χ0v) is 14.7. The predicted octanol–water partition coefficient (Wildman–Crippen LogP) is 1.93. The molecule has 0 fully saturated rings. The minimum atomic E-state index is -3.62. The lowest BCUT2D eigenvalue weighted by molar-refractivity contribution is -0.132. The van der Waals surface area contributed by atoms with E-state index in [9.17, 15) is 13.2 Å². The van der Waals surface area contributed by atoms with Crippen molar-refractivity contribution in [3.63, 3.8) is 0 Å². The van der Waals surface area contributed by atoms with E-state index in [0.717, 1.165) is 18.5 Å². The van der Waals surface area contributed by atoms with Crippen LogP contribution < -0.4 is 4.72 Å². The highest BCUT2D eigenvalue weighted by molar-refractivity contribution is 7.88. The summed E-state index contributed by atoms with van der Waals surface area (Å²) in [4.78, 5) is 14.4. The van der Waals surface area contributed by atoms with E-state index in [0.29, 0.717) is 30.8 Å². The van der Waals surface area contributed by atoms with Crippen LogP contribution in [0.5, 0.6) is 0 Å². The van der Waals surface area contributed by atoms with Crippen molar-refractivity contribution in [2.75, 3.05) is 6.54 Å². The second-order valence-electron chi connectivity index (χ2n) is 6.19. The topological polar surface area (TPSA) is 78.8 Å². The molecule has 1 aromatic carbocycles. The lowest BCUT2D eigenvalue weighted by Gasteiger charge is -2.29. The van der Waals surface area contributed by atoms with Crippen molar-refractivity contribution >= 4 is 21.8 Å². The molecule has 0 radical (unpaired) electrons. The summed E-state index contributed by atoms with van der Waals surface area (Å²) in [5.41, 5.74) is 4.33. The first kappa shape index (κ1) is 16.7. The third-order valence-electron chi connectivity index (χ3n) is 4.50. The number of benzene rings is 1. The minimum Gasteiger partial charge on any atom is -0.338 e. The predicted molar refractivity (Wildman–Crippen MR) is 92.7 cm³/mol. The number of amides is 1. The van der Waals surface area contributed by atoms with Gasteiger partial charge in [0.1, 0.15) is 0 Å². The fourth-order valence-electron chi connectivity index (χ4n) is 3.25. The summed E-state index contributed by atoms with van der Waals surface area (Å²) in [6.45, 7) is 4.74. The van der Waals surface area contributed by atoms with Gasteiger partial charge in [0, 0.05) is 25.2 Å². The van der Waals surface area contributed by atoms with Gasteiger partial charge in [0.2, 0.25) is 5.91 Å². The molecule has 0 atom stereocenters. The van der Waals surface area contributed by atoms with Gasteiger partial charge in [-0.05, 0) is 43.4 Å². The maximum Gasteiger partial charge on any atom is 0.342 e. The van der Waals surface area contributed by atoms with Crippen molar-refractivity contribution in [1.29, 1.82) is 0 Å². The van der Waals surface area contributed by atoms with Crippen LogP contribution in [0.4, 0.5) is 0 Å². The summed E-state index contributed by atoms with van der Waals surface area (Å²) in [6, 6.07) is 8.19. The first-order valence-corrected chi connectivity index (χ1v) is 9.44. The molecule has 0 unspecified atom stereocenters. The Morgan fingerprint density at radius 3 is 2.67 bits per heavy atom. The molecule has 0 saturated heterocycles. The van der Waals surface area contributed by atoms with E-state index in [1.807, 2.05) is 17.0 Å². The van der Waals surface area contributed by atoms with Gasteiger partial charge in [-0.25, -0.2) is 0 Å². The van der Waals surface area contributed by atoms with E-state index < -0.39 is 10.2 Å². The molecule has 128 valence electrons. The molecule has 1 aromatic rings. The lowest BCUT2D eigenvalue weighted by atomic mass is 9.98. The Morgan fingerprint density at radius 2 is 1.96 bits per heavy atom. The van der Waals surface area contributed by atoms with Crippen LogP contribution in [0.1, 0.15) is 37.8 Å². The van der Waals surface area contributed by atoms with Gasteiger partial charge in [-0.2, -0.15) is 8.42 Å². The number of rotatable bonds is 3. The van der Waals surface area contributed by atoms with Crippen LogP contribution in [0, 0.1) is 0 Å². The standard InChI is InChI=1S/C17H21N3O3S/c1-12-16(13(2)19-24(22,23)18-12)7-8-17(21)20-10-9-14-5-3-4-6-15(14)11-20/h3-6,18H,7-11H2,1-2H3. The van der Waals surface area contributed by atoms with Crippen LogP contribution in [0.15, 0.2) is 39.9 Å². The van der Waals surface area contributed by atoms with Gasteiger partial charge >= 0.3 is 10.2 Å². The van der Waals surface area contributed by atoms with Gasteiger partial charge in [0.25, 0.3) is 0 Å². The number of carbonyl (C=O) groups is 1. The van der Waals surface area contributed by atoms with E-state index in [1.54, 1.807) is 13.8 Å². The zero-order valence-electron chi connectivity index (χ0n) is 13.9. The van der Waals surface area contributed by atoms with E-state index in [2.05, 4.69) is 21.3 Å². The normalized spacial score (nSPS) is 19.4. The van der Waals surface area contributed by atoms with Gasteiger partial charge in [-0.1, -0.05) is 24.3 Å². The molecular formula is C17H21N3O3S. The Balaban J connectivity index is 1.64. The summed E-state index contributed by atoms with van der Waals surface area (Å²) >= 11 is 0. The number of hydrogen-bond donors (Lipinski definition) is 1. The Bertz CT molecular complexity index is 840. The fourth-order valence-corrected chi connectivity index (χ4v) is 4.28. The number of allylic oxidation sites excluding steroid dienone is 2. The third kappa shape index (κ3) is 3.51. The lowest BCUT2D eigenvalue weighted by Crippen LogP contribution is -2.36. The highest BCUT2D eigenvalue weighted by atomic mass is 32.2. The maximum absolute atomic E-state index is 12.5. The summed E-state index contributed by atoms with van der Waals surface area (Å²) in [7, 11) is -3.62. The van der Waals surface area contributed by atoms with Crippen LogP contribution in [-0.4, -0.2) is 31.5 Å². The molecule has 2 heterocycles. The van der Waals surface area contributed by atoms with Crippen LogP contribution in [0.3, 0.4) is 0 Å². The Labute approximate surface area is 142 Å². The van der Waals surface area contributed by atoms with Crippen molar-refractivity contribution in [3.8, 4) is 0 Å². The average Bonchev–Trinajstić information content (AvgIpc) is 2.52. The fraction of sp³-hybridized carbons (Fsp3) is 0.412. The quantitative estimate of drug-likeness (QED) is 0.907. The van der Waals surface area contributed by atoms with Crippen molar-refractivity contribution in [2.24, 2.45) is 4.40 Å². The second-order valence-corrected chi connectivity index (χ2v) is 7.53. The Kier molecular flexibility index (Phi) is 4.45. The molecule has 0 aliphatic carbocycles. The van der Waals surface area contributed by atoms with Crippen molar-refractivity contribution < 1.29 is 13.2 Å². The summed E-state index contributed by atoms with van der Waals surface area (Å²) in [5.74, 6) is 0.0889. The number of hydrogen-bond acceptors (Lipinski definition) is 3. The monoisotopic (exact) mass is 347 g/mol. The van der Waals surface area contributed by atoms with Gasteiger partial charge in [0.15, 0.2) is 0 Å². The molecule has 24 heavy (non-hydrogen) atoms. The number of fused-ring (bicyclic) bond motifs is 1. The molecule has 0 saturated carbocycles.